The molecule has 1 aromatic carbocycles. The van der Waals surface area contributed by atoms with E-state index in [-0.39, 0.29) is 0 Å². The maximum atomic E-state index is 5.73. The van der Waals surface area contributed by atoms with Crippen molar-refractivity contribution in [2.45, 2.75) is 12.8 Å². The van der Waals surface area contributed by atoms with Crippen LogP contribution in [0.1, 0.15) is 12.8 Å². The highest BCUT2D eigenvalue weighted by Crippen LogP contribution is 2.24. The molecule has 1 unspecified atom stereocenters. The highest BCUT2D eigenvalue weighted by atomic mass is 16.5. The normalized spacial score (nSPS) is 17.8. The van der Waals surface area contributed by atoms with E-state index in [2.05, 4.69) is 39.1 Å². The summed E-state index contributed by atoms with van der Waals surface area (Å²) in [6.45, 7) is 2.65. The van der Waals surface area contributed by atoms with Crippen molar-refractivity contribution in [3.8, 4) is 6.01 Å². The summed E-state index contributed by atoms with van der Waals surface area (Å²) in [7, 11) is 0. The largest absolute Gasteiger partial charge is 0.463 e. The summed E-state index contributed by atoms with van der Waals surface area (Å²) in [6, 6.07) is 14.8. The zero-order chi connectivity index (χ0) is 16.2. The van der Waals surface area contributed by atoms with Gasteiger partial charge in [-0.1, -0.05) is 18.2 Å². The van der Waals surface area contributed by atoms with E-state index in [9.17, 15) is 0 Å². The molecule has 3 aromatic rings. The highest BCUT2D eigenvalue weighted by Gasteiger charge is 2.22. The van der Waals surface area contributed by atoms with Crippen LogP contribution in [0.25, 0.3) is 10.9 Å². The summed E-state index contributed by atoms with van der Waals surface area (Å²) in [5.74, 6) is 1.52. The van der Waals surface area contributed by atoms with Crippen LogP contribution in [0.15, 0.2) is 54.9 Å². The maximum absolute atomic E-state index is 5.73. The molecule has 24 heavy (non-hydrogen) atoms. The van der Waals surface area contributed by atoms with Crippen LogP contribution in [0, 0.1) is 5.92 Å². The van der Waals surface area contributed by atoms with E-state index in [0.29, 0.717) is 18.5 Å². The second-order valence-electron chi connectivity index (χ2n) is 6.16. The summed E-state index contributed by atoms with van der Waals surface area (Å²) in [5, 5.41) is 1.18. The molecule has 122 valence electrons. The molecule has 5 nitrogen and oxygen atoms in total. The highest BCUT2D eigenvalue weighted by molar-refractivity contribution is 5.80. The minimum Gasteiger partial charge on any atom is -0.463 e. The van der Waals surface area contributed by atoms with E-state index in [1.165, 1.54) is 5.39 Å². The molecule has 1 atom stereocenters. The van der Waals surface area contributed by atoms with E-state index in [1.54, 1.807) is 18.5 Å². The van der Waals surface area contributed by atoms with Crippen LogP contribution in [-0.4, -0.2) is 34.6 Å². The van der Waals surface area contributed by atoms with Gasteiger partial charge >= 0.3 is 6.01 Å². The minimum absolute atomic E-state index is 0.457. The fraction of sp³-hybridized carbons (Fsp3) is 0.316. The molecule has 3 heterocycles. The SMILES string of the molecule is c1cnc(OCC2CCCN(c3ccc4ccccc4n3)C2)nc1. The van der Waals surface area contributed by atoms with Crippen molar-refractivity contribution in [2.75, 3.05) is 24.6 Å². The molecule has 1 aliphatic heterocycles. The Labute approximate surface area is 141 Å². The number of rotatable bonds is 4. The van der Waals surface area contributed by atoms with Gasteiger partial charge in [-0.15, -0.1) is 0 Å². The Bertz CT molecular complexity index is 809. The average molecular weight is 320 g/mol. The summed E-state index contributed by atoms with van der Waals surface area (Å²) in [4.78, 5) is 15.4. The van der Waals surface area contributed by atoms with Gasteiger partial charge in [-0.05, 0) is 37.1 Å². The van der Waals surface area contributed by atoms with E-state index in [1.807, 2.05) is 12.1 Å². The van der Waals surface area contributed by atoms with Gasteiger partial charge in [0, 0.05) is 36.8 Å². The first kappa shape index (κ1) is 14.9. The van der Waals surface area contributed by atoms with Gasteiger partial charge in [-0.2, -0.15) is 0 Å². The van der Waals surface area contributed by atoms with Crippen LogP contribution in [0.3, 0.4) is 0 Å². The van der Waals surface area contributed by atoms with E-state index < -0.39 is 0 Å². The molecular formula is C19H20N4O. The fourth-order valence-electron chi connectivity index (χ4n) is 3.19. The number of benzene rings is 1. The average Bonchev–Trinajstić information content (AvgIpc) is 2.67. The molecule has 0 N–H and O–H groups in total. The number of hydrogen-bond acceptors (Lipinski definition) is 5. The third-order valence-electron chi connectivity index (χ3n) is 4.42. The molecular weight excluding hydrogens is 300 g/mol. The maximum Gasteiger partial charge on any atom is 0.316 e. The molecule has 1 fully saturated rings. The number of nitrogens with zero attached hydrogens (tertiary/aromatic N) is 4. The third kappa shape index (κ3) is 3.30. The summed E-state index contributed by atoms with van der Waals surface area (Å²) in [5.41, 5.74) is 1.05. The van der Waals surface area contributed by atoms with Gasteiger partial charge in [0.15, 0.2) is 0 Å². The molecule has 0 spiro atoms. The van der Waals surface area contributed by atoms with Gasteiger partial charge in [-0.25, -0.2) is 15.0 Å². The number of piperidine rings is 1. The van der Waals surface area contributed by atoms with Crippen LogP contribution < -0.4 is 9.64 Å². The lowest BCUT2D eigenvalue weighted by atomic mass is 9.99. The predicted molar refractivity (Wildman–Crippen MR) is 94.2 cm³/mol. The van der Waals surface area contributed by atoms with Crippen molar-refractivity contribution in [1.82, 2.24) is 15.0 Å². The van der Waals surface area contributed by atoms with Gasteiger partial charge < -0.3 is 9.64 Å². The second kappa shape index (κ2) is 6.83. The smallest absolute Gasteiger partial charge is 0.316 e. The first-order valence-electron chi connectivity index (χ1n) is 8.39. The molecule has 5 heteroatoms. The van der Waals surface area contributed by atoms with Crippen LogP contribution >= 0.6 is 0 Å². The van der Waals surface area contributed by atoms with Gasteiger partial charge in [0.1, 0.15) is 5.82 Å². The lowest BCUT2D eigenvalue weighted by Gasteiger charge is -2.33. The first-order valence-corrected chi connectivity index (χ1v) is 8.39. The predicted octanol–water partition coefficient (Wildman–Crippen LogP) is 3.32. The summed E-state index contributed by atoms with van der Waals surface area (Å²) < 4.78 is 5.73. The molecule has 2 aromatic heterocycles. The van der Waals surface area contributed by atoms with E-state index in [0.717, 1.165) is 37.3 Å². The van der Waals surface area contributed by atoms with E-state index >= 15 is 0 Å². The molecule has 0 amide bonds. The van der Waals surface area contributed by atoms with Gasteiger partial charge in [0.25, 0.3) is 0 Å². The fourth-order valence-corrected chi connectivity index (χ4v) is 3.19. The van der Waals surface area contributed by atoms with Crippen LogP contribution in [0.5, 0.6) is 6.01 Å². The Hall–Kier alpha value is -2.69. The Kier molecular flexibility index (Phi) is 4.23. The lowest BCUT2D eigenvalue weighted by molar-refractivity contribution is 0.214. The third-order valence-corrected chi connectivity index (χ3v) is 4.42. The number of hydrogen-bond donors (Lipinski definition) is 0. The van der Waals surface area contributed by atoms with Crippen molar-refractivity contribution in [1.29, 1.82) is 0 Å². The monoisotopic (exact) mass is 320 g/mol. The molecule has 4 rings (SSSR count). The Morgan fingerprint density at radius 1 is 1.04 bits per heavy atom. The Morgan fingerprint density at radius 2 is 1.92 bits per heavy atom. The van der Waals surface area contributed by atoms with Gasteiger partial charge in [0.05, 0.1) is 12.1 Å². The number of para-hydroxylation sites is 1. The van der Waals surface area contributed by atoms with Crippen molar-refractivity contribution < 1.29 is 4.74 Å². The standard InChI is InChI=1S/C19H20N4O/c1-2-7-17-16(6-1)8-9-18(22-17)23-12-3-5-15(13-23)14-24-19-20-10-4-11-21-19/h1-2,4,6-11,15H,3,5,12-14H2. The number of pyridine rings is 1. The van der Waals surface area contributed by atoms with Crippen molar-refractivity contribution in [3.63, 3.8) is 0 Å². The molecule has 0 saturated carbocycles. The van der Waals surface area contributed by atoms with Crippen molar-refractivity contribution >= 4 is 16.7 Å². The van der Waals surface area contributed by atoms with Crippen LogP contribution in [0.2, 0.25) is 0 Å². The lowest BCUT2D eigenvalue weighted by Crippen LogP contribution is -2.38. The number of ether oxygens (including phenoxy) is 1. The second-order valence-corrected chi connectivity index (χ2v) is 6.16. The molecule has 0 bridgehead atoms. The van der Waals surface area contributed by atoms with Gasteiger partial charge in [0.2, 0.25) is 0 Å². The summed E-state index contributed by atoms with van der Waals surface area (Å²) in [6.07, 6.45) is 5.72. The molecule has 1 saturated heterocycles. The molecule has 0 aliphatic carbocycles. The Balaban J connectivity index is 1.43. The zero-order valence-corrected chi connectivity index (χ0v) is 13.5. The van der Waals surface area contributed by atoms with Crippen LogP contribution in [-0.2, 0) is 0 Å². The minimum atomic E-state index is 0.457. The quantitative estimate of drug-likeness (QED) is 0.738. The first-order chi connectivity index (χ1) is 11.9. The molecule has 0 radical (unpaired) electrons. The molecule has 1 aliphatic rings. The van der Waals surface area contributed by atoms with Crippen molar-refractivity contribution in [3.05, 3.63) is 54.9 Å². The number of fused-ring (bicyclic) bond motifs is 1. The Morgan fingerprint density at radius 3 is 2.83 bits per heavy atom. The van der Waals surface area contributed by atoms with E-state index in [4.69, 9.17) is 9.72 Å². The van der Waals surface area contributed by atoms with Crippen molar-refractivity contribution in [2.24, 2.45) is 5.92 Å². The topological polar surface area (TPSA) is 51.1 Å². The van der Waals surface area contributed by atoms with Gasteiger partial charge in [-0.3, -0.25) is 0 Å². The zero-order valence-electron chi connectivity index (χ0n) is 13.5. The number of aromatic nitrogens is 3. The van der Waals surface area contributed by atoms with Crippen LogP contribution in [0.4, 0.5) is 5.82 Å². The summed E-state index contributed by atoms with van der Waals surface area (Å²) >= 11 is 0. The number of anilines is 1.